The molecular formula is C35H35ClF3N3O4. The van der Waals surface area contributed by atoms with Crippen molar-refractivity contribution >= 4 is 29.2 Å². The maximum absolute atomic E-state index is 14.1. The molecule has 3 aromatic rings. The first-order valence-electron chi connectivity index (χ1n) is 15.4. The van der Waals surface area contributed by atoms with E-state index in [4.69, 9.17) is 21.1 Å². The van der Waals surface area contributed by atoms with Crippen LogP contribution in [0.5, 0.6) is 5.75 Å². The number of benzene rings is 3. The average Bonchev–Trinajstić information content (AvgIpc) is 3.81. The highest BCUT2D eigenvalue weighted by molar-refractivity contribution is 6.31. The Bertz CT molecular complexity index is 1660. The minimum Gasteiger partial charge on any atom is -0.488 e. The monoisotopic (exact) mass is 653 g/mol. The molecule has 1 saturated heterocycles. The van der Waals surface area contributed by atoms with E-state index < -0.39 is 29.3 Å². The fourth-order valence-corrected chi connectivity index (χ4v) is 6.64. The molecule has 1 saturated carbocycles. The number of piperazine rings is 1. The number of amides is 2. The Morgan fingerprint density at radius 3 is 2.48 bits per heavy atom. The zero-order valence-electron chi connectivity index (χ0n) is 25.4. The van der Waals surface area contributed by atoms with Gasteiger partial charge in [-0.15, -0.1) is 0 Å². The van der Waals surface area contributed by atoms with E-state index in [9.17, 15) is 22.8 Å². The first kappa shape index (κ1) is 31.9. The number of hydrogen-bond donors (Lipinski definition) is 2. The van der Waals surface area contributed by atoms with Crippen LogP contribution in [0, 0.1) is 17.5 Å². The van der Waals surface area contributed by atoms with E-state index in [1.54, 1.807) is 4.90 Å². The molecule has 242 valence electrons. The third-order valence-electron chi connectivity index (χ3n) is 8.96. The van der Waals surface area contributed by atoms with Gasteiger partial charge in [0, 0.05) is 35.3 Å². The Kier molecular flexibility index (Phi) is 9.29. The Balaban J connectivity index is 1.19. The maximum Gasteiger partial charge on any atom is 0.409 e. The summed E-state index contributed by atoms with van der Waals surface area (Å²) in [7, 11) is 1.35. The average molecular weight is 654 g/mol. The molecule has 3 aliphatic rings. The molecule has 0 radical (unpaired) electrons. The van der Waals surface area contributed by atoms with Crippen molar-refractivity contribution in [3.63, 3.8) is 0 Å². The number of ether oxygens (including phenoxy) is 2. The van der Waals surface area contributed by atoms with Gasteiger partial charge in [0.25, 0.3) is 0 Å². The van der Waals surface area contributed by atoms with E-state index in [1.807, 2.05) is 48.5 Å². The summed E-state index contributed by atoms with van der Waals surface area (Å²) in [4.78, 5) is 28.2. The quantitative estimate of drug-likeness (QED) is 0.201. The van der Waals surface area contributed by atoms with Gasteiger partial charge in [0.15, 0.2) is 17.4 Å². The van der Waals surface area contributed by atoms with Gasteiger partial charge in [-0.25, -0.2) is 13.6 Å². The zero-order chi connectivity index (χ0) is 32.4. The normalized spacial score (nSPS) is 19.9. The molecule has 6 rings (SSSR count). The van der Waals surface area contributed by atoms with Crippen LogP contribution in [0.25, 0.3) is 5.57 Å². The summed E-state index contributed by atoms with van der Waals surface area (Å²) in [6.45, 7) is 0.774. The van der Waals surface area contributed by atoms with Gasteiger partial charge in [0.1, 0.15) is 0 Å². The number of fused-ring (bicyclic) bond motifs is 2. The van der Waals surface area contributed by atoms with Crippen LogP contribution < -0.4 is 15.4 Å². The Hall–Kier alpha value is -4.02. The summed E-state index contributed by atoms with van der Waals surface area (Å²) in [5.74, 6) is -4.33. The molecule has 2 amide bonds. The van der Waals surface area contributed by atoms with Gasteiger partial charge >= 0.3 is 6.09 Å². The maximum atomic E-state index is 14.1. The second-order valence-corrected chi connectivity index (χ2v) is 12.6. The molecule has 2 fully saturated rings. The standard InChI is InChI=1S/C35H35ClF3N3O4/c1-45-34(44)42-19-24-17-25(22-10-8-21(9-11-22)5-4-16-46-32-28(38)13-12-27(37)31(32)39)30(29(20-42)40-24)33(43)41-35(14-15-35)18-23-6-2-3-7-26(23)36/h2-3,6-13,24,29,40H,4-5,14-20H2,1H3,(H,41,43)/t24-,29-/m1/s1. The van der Waals surface area contributed by atoms with Crippen LogP contribution in [-0.2, 0) is 22.4 Å². The van der Waals surface area contributed by atoms with Crippen LogP contribution in [0.3, 0.4) is 0 Å². The fraction of sp³-hybridized carbons (Fsp3) is 0.371. The fourth-order valence-electron chi connectivity index (χ4n) is 6.44. The van der Waals surface area contributed by atoms with E-state index in [-0.39, 0.29) is 30.1 Å². The number of hydrogen-bond acceptors (Lipinski definition) is 5. The lowest BCUT2D eigenvalue weighted by molar-refractivity contribution is -0.119. The minimum absolute atomic E-state index is 0.0101. The lowest BCUT2D eigenvalue weighted by Crippen LogP contribution is -2.62. The molecule has 46 heavy (non-hydrogen) atoms. The van der Waals surface area contributed by atoms with Crippen LogP contribution in [0.4, 0.5) is 18.0 Å². The van der Waals surface area contributed by atoms with Gasteiger partial charge in [-0.1, -0.05) is 54.1 Å². The molecule has 0 unspecified atom stereocenters. The largest absolute Gasteiger partial charge is 0.488 e. The molecule has 2 aliphatic heterocycles. The number of nitrogens with one attached hydrogen (secondary N) is 2. The number of aryl methyl sites for hydroxylation is 1. The van der Waals surface area contributed by atoms with Gasteiger partial charge < -0.3 is 25.0 Å². The molecule has 2 bridgehead atoms. The number of carbonyl (C=O) groups excluding carboxylic acids is 2. The number of nitrogens with zero attached hydrogens (tertiary/aromatic N) is 1. The zero-order valence-corrected chi connectivity index (χ0v) is 26.1. The van der Waals surface area contributed by atoms with E-state index in [1.165, 1.54) is 7.11 Å². The number of halogens is 4. The second kappa shape index (κ2) is 13.4. The lowest BCUT2D eigenvalue weighted by Gasteiger charge is -2.43. The number of methoxy groups -OCH3 is 1. The van der Waals surface area contributed by atoms with Crippen LogP contribution in [-0.4, -0.2) is 61.3 Å². The van der Waals surface area contributed by atoms with Crippen molar-refractivity contribution in [2.75, 3.05) is 26.8 Å². The van der Waals surface area contributed by atoms with Gasteiger partial charge in [0.05, 0.1) is 19.8 Å². The van der Waals surface area contributed by atoms with E-state index in [0.29, 0.717) is 49.4 Å². The van der Waals surface area contributed by atoms with E-state index in [0.717, 1.165) is 47.2 Å². The van der Waals surface area contributed by atoms with Crippen molar-refractivity contribution in [3.05, 3.63) is 105 Å². The number of rotatable bonds is 10. The topological polar surface area (TPSA) is 79.9 Å². The van der Waals surface area contributed by atoms with E-state index >= 15 is 0 Å². The van der Waals surface area contributed by atoms with Crippen molar-refractivity contribution < 1.29 is 32.2 Å². The summed E-state index contributed by atoms with van der Waals surface area (Å²) in [6, 6.07) is 16.6. The summed E-state index contributed by atoms with van der Waals surface area (Å²) >= 11 is 6.44. The van der Waals surface area contributed by atoms with Gasteiger partial charge in [0.2, 0.25) is 11.7 Å². The van der Waals surface area contributed by atoms with Crippen LogP contribution >= 0.6 is 11.6 Å². The van der Waals surface area contributed by atoms with E-state index in [2.05, 4.69) is 10.6 Å². The van der Waals surface area contributed by atoms with Crippen molar-refractivity contribution in [1.29, 1.82) is 0 Å². The highest BCUT2D eigenvalue weighted by atomic mass is 35.5. The first-order valence-corrected chi connectivity index (χ1v) is 15.8. The van der Waals surface area contributed by atoms with Crippen LogP contribution in [0.1, 0.15) is 42.4 Å². The summed E-state index contributed by atoms with van der Waals surface area (Å²) < 4.78 is 51.4. The van der Waals surface area contributed by atoms with Crippen molar-refractivity contribution in [2.24, 2.45) is 0 Å². The number of carbonyl (C=O) groups is 2. The van der Waals surface area contributed by atoms with Crippen LogP contribution in [0.15, 0.2) is 66.2 Å². The highest BCUT2D eigenvalue weighted by Gasteiger charge is 2.47. The third-order valence-corrected chi connectivity index (χ3v) is 9.33. The Morgan fingerprint density at radius 2 is 1.76 bits per heavy atom. The molecule has 0 aromatic heterocycles. The molecule has 7 nitrogen and oxygen atoms in total. The van der Waals surface area contributed by atoms with Crippen molar-refractivity contribution in [3.8, 4) is 5.75 Å². The summed E-state index contributed by atoms with van der Waals surface area (Å²) in [5, 5.41) is 7.54. The summed E-state index contributed by atoms with van der Waals surface area (Å²) in [5.41, 5.74) is 4.03. The first-order chi connectivity index (χ1) is 22.2. The molecule has 1 aliphatic carbocycles. The highest BCUT2D eigenvalue weighted by Crippen LogP contribution is 2.41. The van der Waals surface area contributed by atoms with Crippen molar-refractivity contribution in [1.82, 2.24) is 15.5 Å². The molecule has 0 spiro atoms. The predicted octanol–water partition coefficient (Wildman–Crippen LogP) is 6.23. The Labute approximate surface area is 270 Å². The smallest absolute Gasteiger partial charge is 0.409 e. The SMILES string of the molecule is COC(=O)N1C[C@H]2CC(c3ccc(CCCOc4c(F)ccc(F)c4F)cc3)=C(C(=O)NC3(Cc4ccccc4Cl)CC3)[C@@H](C1)N2. The minimum atomic E-state index is -1.34. The molecule has 11 heteroatoms. The lowest BCUT2D eigenvalue weighted by atomic mass is 9.82. The third kappa shape index (κ3) is 6.88. The predicted molar refractivity (Wildman–Crippen MR) is 168 cm³/mol. The second-order valence-electron chi connectivity index (χ2n) is 12.2. The van der Waals surface area contributed by atoms with Gasteiger partial charge in [-0.3, -0.25) is 4.79 Å². The Morgan fingerprint density at radius 1 is 1.02 bits per heavy atom. The molecule has 3 aromatic carbocycles. The van der Waals surface area contributed by atoms with Crippen molar-refractivity contribution in [2.45, 2.75) is 56.1 Å². The van der Waals surface area contributed by atoms with Crippen LogP contribution in [0.2, 0.25) is 5.02 Å². The molecule has 2 atom stereocenters. The molecule has 2 N–H and O–H groups in total. The molecule has 2 heterocycles. The molecular weight excluding hydrogens is 619 g/mol. The summed E-state index contributed by atoms with van der Waals surface area (Å²) in [6.07, 6.45) is 3.46. The van der Waals surface area contributed by atoms with Gasteiger partial charge in [-0.2, -0.15) is 4.39 Å². The van der Waals surface area contributed by atoms with Gasteiger partial charge in [-0.05, 0) is 79.0 Å².